The van der Waals surface area contributed by atoms with Gasteiger partial charge in [-0.2, -0.15) is 5.10 Å². The highest BCUT2D eigenvalue weighted by atomic mass is 15.3. The fraction of sp³-hybridized carbons (Fsp3) is 0.538. The number of rotatable bonds is 5. The zero-order chi connectivity index (χ0) is 13.1. The molecule has 0 saturated carbocycles. The Labute approximate surface area is 108 Å². The predicted molar refractivity (Wildman–Crippen MR) is 73.2 cm³/mol. The summed E-state index contributed by atoms with van der Waals surface area (Å²) in [5.74, 6) is 1.27. The van der Waals surface area contributed by atoms with Crippen LogP contribution in [-0.2, 0) is 7.05 Å². The summed E-state index contributed by atoms with van der Waals surface area (Å²) in [7, 11) is 1.95. The van der Waals surface area contributed by atoms with Gasteiger partial charge >= 0.3 is 0 Å². The topological polar surface area (TPSA) is 47.7 Å². The molecule has 0 unspecified atom stereocenters. The minimum Gasteiger partial charge on any atom is -0.355 e. The Bertz CT molecular complexity index is 509. The van der Waals surface area contributed by atoms with E-state index in [2.05, 4.69) is 40.7 Å². The molecule has 0 aliphatic heterocycles. The lowest BCUT2D eigenvalue weighted by Gasteiger charge is -2.10. The third-order valence-corrected chi connectivity index (χ3v) is 2.82. The molecule has 98 valence electrons. The van der Waals surface area contributed by atoms with E-state index < -0.39 is 0 Å². The van der Waals surface area contributed by atoms with E-state index in [-0.39, 0.29) is 0 Å². The first-order valence-corrected chi connectivity index (χ1v) is 6.44. The first kappa shape index (κ1) is 12.7. The summed E-state index contributed by atoms with van der Waals surface area (Å²) in [5.41, 5.74) is 2.19. The van der Waals surface area contributed by atoms with E-state index >= 15 is 0 Å². The normalized spacial score (nSPS) is 11.2. The standard InChI is InChI=1S/C13H21N5/c1-5-6-14-13-15-7-8-18(13)11-9-17(4)16-12(11)10(2)3/h7-10H,5-6H2,1-4H3,(H,14,15). The fourth-order valence-corrected chi connectivity index (χ4v) is 1.96. The monoisotopic (exact) mass is 247 g/mol. The largest absolute Gasteiger partial charge is 0.355 e. The van der Waals surface area contributed by atoms with Crippen LogP contribution < -0.4 is 5.32 Å². The Morgan fingerprint density at radius 2 is 2.17 bits per heavy atom. The fourth-order valence-electron chi connectivity index (χ4n) is 1.96. The van der Waals surface area contributed by atoms with Crippen LogP contribution in [0.4, 0.5) is 5.95 Å². The highest BCUT2D eigenvalue weighted by Crippen LogP contribution is 2.23. The van der Waals surface area contributed by atoms with Gasteiger partial charge in [-0.1, -0.05) is 20.8 Å². The van der Waals surface area contributed by atoms with Crippen LogP contribution in [0.3, 0.4) is 0 Å². The van der Waals surface area contributed by atoms with E-state index in [9.17, 15) is 0 Å². The number of nitrogens with one attached hydrogen (secondary N) is 1. The average Bonchev–Trinajstić information content (AvgIpc) is 2.91. The van der Waals surface area contributed by atoms with Gasteiger partial charge in [0, 0.05) is 32.2 Å². The van der Waals surface area contributed by atoms with Crippen molar-refractivity contribution in [3.8, 4) is 5.69 Å². The van der Waals surface area contributed by atoms with Crippen molar-refractivity contribution in [1.29, 1.82) is 0 Å². The van der Waals surface area contributed by atoms with Crippen LogP contribution in [0.1, 0.15) is 38.8 Å². The molecule has 2 aromatic rings. The molecule has 2 aromatic heterocycles. The molecule has 0 spiro atoms. The highest BCUT2D eigenvalue weighted by molar-refractivity contribution is 5.44. The van der Waals surface area contributed by atoms with Gasteiger partial charge in [0.25, 0.3) is 0 Å². The van der Waals surface area contributed by atoms with Crippen molar-refractivity contribution in [2.24, 2.45) is 7.05 Å². The van der Waals surface area contributed by atoms with Gasteiger partial charge in [0.1, 0.15) is 0 Å². The third-order valence-electron chi connectivity index (χ3n) is 2.82. The molecule has 2 rings (SSSR count). The Balaban J connectivity index is 2.39. The summed E-state index contributed by atoms with van der Waals surface area (Å²) >= 11 is 0. The minimum absolute atomic E-state index is 0.391. The molecule has 1 N–H and O–H groups in total. The second-order valence-corrected chi connectivity index (χ2v) is 4.78. The first-order valence-electron chi connectivity index (χ1n) is 6.44. The Morgan fingerprint density at radius 1 is 1.39 bits per heavy atom. The molecule has 2 heterocycles. The van der Waals surface area contributed by atoms with Crippen LogP contribution in [-0.4, -0.2) is 25.9 Å². The summed E-state index contributed by atoms with van der Waals surface area (Å²) in [6.07, 6.45) is 6.90. The van der Waals surface area contributed by atoms with Crippen molar-refractivity contribution in [3.63, 3.8) is 0 Å². The van der Waals surface area contributed by atoms with E-state index in [0.717, 1.165) is 30.3 Å². The molecule has 0 atom stereocenters. The second kappa shape index (κ2) is 5.25. The molecule has 5 nitrogen and oxygen atoms in total. The highest BCUT2D eigenvalue weighted by Gasteiger charge is 2.15. The summed E-state index contributed by atoms with van der Waals surface area (Å²) in [4.78, 5) is 4.35. The molecule has 0 saturated heterocycles. The molecule has 0 radical (unpaired) electrons. The average molecular weight is 247 g/mol. The minimum atomic E-state index is 0.391. The van der Waals surface area contributed by atoms with Crippen LogP contribution in [0, 0.1) is 0 Å². The zero-order valence-corrected chi connectivity index (χ0v) is 11.5. The van der Waals surface area contributed by atoms with Crippen LogP contribution in [0.15, 0.2) is 18.6 Å². The van der Waals surface area contributed by atoms with Gasteiger partial charge in [-0.15, -0.1) is 0 Å². The smallest absolute Gasteiger partial charge is 0.207 e. The van der Waals surface area contributed by atoms with Crippen LogP contribution in [0.25, 0.3) is 5.69 Å². The number of aromatic nitrogens is 4. The maximum Gasteiger partial charge on any atom is 0.207 e. The van der Waals surface area contributed by atoms with Crippen LogP contribution in [0.2, 0.25) is 0 Å². The third kappa shape index (κ3) is 2.39. The van der Waals surface area contributed by atoms with Crippen molar-refractivity contribution in [1.82, 2.24) is 19.3 Å². The number of imidazole rings is 1. The van der Waals surface area contributed by atoms with Crippen molar-refractivity contribution < 1.29 is 0 Å². The first-order chi connectivity index (χ1) is 8.63. The lowest BCUT2D eigenvalue weighted by molar-refractivity contribution is 0.712. The lowest BCUT2D eigenvalue weighted by atomic mass is 10.1. The number of hydrogen-bond donors (Lipinski definition) is 1. The van der Waals surface area contributed by atoms with Gasteiger partial charge < -0.3 is 5.32 Å². The molecule has 0 fully saturated rings. The summed E-state index contributed by atoms with van der Waals surface area (Å²) in [6.45, 7) is 7.38. The molecule has 5 heteroatoms. The van der Waals surface area contributed by atoms with E-state index in [1.165, 1.54) is 0 Å². The van der Waals surface area contributed by atoms with Crippen molar-refractivity contribution in [2.75, 3.05) is 11.9 Å². The zero-order valence-electron chi connectivity index (χ0n) is 11.5. The molecule has 18 heavy (non-hydrogen) atoms. The second-order valence-electron chi connectivity index (χ2n) is 4.78. The Morgan fingerprint density at radius 3 is 2.83 bits per heavy atom. The van der Waals surface area contributed by atoms with Gasteiger partial charge in [-0.05, 0) is 12.3 Å². The van der Waals surface area contributed by atoms with Gasteiger partial charge in [-0.3, -0.25) is 9.25 Å². The summed E-state index contributed by atoms with van der Waals surface area (Å²) in [6, 6.07) is 0. The van der Waals surface area contributed by atoms with Gasteiger partial charge in [0.2, 0.25) is 5.95 Å². The number of hydrogen-bond acceptors (Lipinski definition) is 3. The van der Waals surface area contributed by atoms with Crippen molar-refractivity contribution in [2.45, 2.75) is 33.1 Å². The van der Waals surface area contributed by atoms with E-state index in [4.69, 9.17) is 0 Å². The maximum atomic E-state index is 4.53. The lowest BCUT2D eigenvalue weighted by Crippen LogP contribution is -2.07. The van der Waals surface area contributed by atoms with E-state index in [1.807, 2.05) is 30.3 Å². The molecular weight excluding hydrogens is 226 g/mol. The number of nitrogens with zero attached hydrogens (tertiary/aromatic N) is 4. The van der Waals surface area contributed by atoms with E-state index in [0.29, 0.717) is 5.92 Å². The SMILES string of the molecule is CCCNc1nccn1-c1cn(C)nc1C(C)C. The molecule has 0 aliphatic rings. The van der Waals surface area contributed by atoms with Crippen molar-refractivity contribution in [3.05, 3.63) is 24.3 Å². The molecule has 0 aliphatic carbocycles. The van der Waals surface area contributed by atoms with E-state index in [1.54, 1.807) is 0 Å². The van der Waals surface area contributed by atoms with Gasteiger partial charge in [0.15, 0.2) is 0 Å². The molecule has 0 amide bonds. The number of anilines is 1. The molecular formula is C13H21N5. The number of aryl methyl sites for hydroxylation is 1. The van der Waals surface area contributed by atoms with Gasteiger partial charge in [-0.25, -0.2) is 4.98 Å². The van der Waals surface area contributed by atoms with Crippen LogP contribution >= 0.6 is 0 Å². The Kier molecular flexibility index (Phi) is 3.69. The van der Waals surface area contributed by atoms with Crippen LogP contribution in [0.5, 0.6) is 0 Å². The summed E-state index contributed by atoms with van der Waals surface area (Å²) in [5, 5.41) is 7.86. The summed E-state index contributed by atoms with van der Waals surface area (Å²) < 4.78 is 3.92. The maximum absolute atomic E-state index is 4.53. The molecule has 0 bridgehead atoms. The quantitative estimate of drug-likeness (QED) is 0.883. The van der Waals surface area contributed by atoms with Gasteiger partial charge in [0.05, 0.1) is 11.4 Å². The predicted octanol–water partition coefficient (Wildman–Crippen LogP) is 2.55. The Hall–Kier alpha value is -1.78. The van der Waals surface area contributed by atoms with Crippen molar-refractivity contribution >= 4 is 5.95 Å². The molecule has 0 aromatic carbocycles.